The molecule has 0 radical (unpaired) electrons. The lowest BCUT2D eigenvalue weighted by atomic mass is 10.0. The first-order chi connectivity index (χ1) is 7.91. The van der Waals surface area contributed by atoms with Crippen molar-refractivity contribution >= 4 is 17.3 Å². The fourth-order valence-corrected chi connectivity index (χ4v) is 1.34. The first-order valence-corrected chi connectivity index (χ1v) is 5.75. The molecule has 1 aromatic rings. The van der Waals surface area contributed by atoms with E-state index in [4.69, 9.17) is 5.73 Å². The van der Waals surface area contributed by atoms with Crippen molar-refractivity contribution in [2.24, 2.45) is 11.7 Å². The summed E-state index contributed by atoms with van der Waals surface area (Å²) >= 11 is 0. The number of nitrogens with one attached hydrogen (secondary N) is 1. The van der Waals surface area contributed by atoms with Crippen LogP contribution in [-0.4, -0.2) is 26.0 Å². The predicted molar refractivity (Wildman–Crippen MR) is 72.2 cm³/mol. The highest BCUT2D eigenvalue weighted by molar-refractivity contribution is 5.92. The number of nitrogens with two attached hydrogens (primary N) is 1. The molecule has 0 bridgehead atoms. The van der Waals surface area contributed by atoms with E-state index >= 15 is 0 Å². The van der Waals surface area contributed by atoms with E-state index in [1.54, 1.807) is 0 Å². The van der Waals surface area contributed by atoms with Crippen molar-refractivity contribution in [1.29, 1.82) is 0 Å². The lowest BCUT2D eigenvalue weighted by molar-refractivity contribution is -0.119. The molecule has 2 unspecified atom stereocenters. The largest absolute Gasteiger partial charge is 0.378 e. The predicted octanol–water partition coefficient (Wildman–Crippen LogP) is 1.67. The van der Waals surface area contributed by atoms with Crippen LogP contribution in [0.2, 0.25) is 0 Å². The van der Waals surface area contributed by atoms with Crippen LogP contribution in [0.3, 0.4) is 0 Å². The zero-order chi connectivity index (χ0) is 13.0. The molecule has 0 aliphatic carbocycles. The van der Waals surface area contributed by atoms with Crippen molar-refractivity contribution in [2.45, 2.75) is 19.9 Å². The molecule has 0 aliphatic heterocycles. The highest BCUT2D eigenvalue weighted by Gasteiger charge is 2.16. The lowest BCUT2D eigenvalue weighted by Gasteiger charge is -2.16. The lowest BCUT2D eigenvalue weighted by Crippen LogP contribution is -2.34. The van der Waals surface area contributed by atoms with Gasteiger partial charge in [-0.05, 0) is 31.2 Å². The van der Waals surface area contributed by atoms with Crippen molar-refractivity contribution in [3.05, 3.63) is 24.3 Å². The Kier molecular flexibility index (Phi) is 4.52. The molecule has 0 saturated carbocycles. The molecule has 4 nitrogen and oxygen atoms in total. The van der Waals surface area contributed by atoms with Gasteiger partial charge in [-0.2, -0.15) is 0 Å². The molecule has 0 spiro atoms. The van der Waals surface area contributed by atoms with Crippen LogP contribution in [0.4, 0.5) is 11.4 Å². The molecule has 0 fully saturated rings. The van der Waals surface area contributed by atoms with Crippen LogP contribution < -0.4 is 16.0 Å². The minimum atomic E-state index is -0.191. The molecule has 0 heterocycles. The van der Waals surface area contributed by atoms with E-state index in [9.17, 15) is 4.79 Å². The summed E-state index contributed by atoms with van der Waals surface area (Å²) in [6, 6.07) is 7.57. The van der Waals surface area contributed by atoms with Crippen LogP contribution in [0.1, 0.15) is 13.8 Å². The number of rotatable bonds is 4. The standard InChI is InChI=1S/C13H21N3O/c1-9(10(2)14)13(17)15-11-5-7-12(8-6-11)16(3)4/h5-10H,14H2,1-4H3,(H,15,17). The van der Waals surface area contributed by atoms with E-state index in [1.807, 2.05) is 57.1 Å². The van der Waals surface area contributed by atoms with Gasteiger partial charge in [0.05, 0.1) is 5.92 Å². The first kappa shape index (κ1) is 13.5. The minimum Gasteiger partial charge on any atom is -0.378 e. The Bertz CT molecular complexity index is 371. The monoisotopic (exact) mass is 235 g/mol. The fraction of sp³-hybridized carbons (Fsp3) is 0.462. The quantitative estimate of drug-likeness (QED) is 0.834. The summed E-state index contributed by atoms with van der Waals surface area (Å²) in [5, 5.41) is 2.85. The number of carbonyl (C=O) groups is 1. The smallest absolute Gasteiger partial charge is 0.228 e. The molecule has 0 saturated heterocycles. The van der Waals surface area contributed by atoms with Crippen LogP contribution in [-0.2, 0) is 4.79 Å². The van der Waals surface area contributed by atoms with Gasteiger partial charge in [0.1, 0.15) is 0 Å². The number of nitrogens with zero attached hydrogens (tertiary/aromatic N) is 1. The maximum Gasteiger partial charge on any atom is 0.228 e. The van der Waals surface area contributed by atoms with Crippen molar-refractivity contribution in [3.63, 3.8) is 0 Å². The van der Waals surface area contributed by atoms with Crippen molar-refractivity contribution < 1.29 is 4.79 Å². The SMILES string of the molecule is CC(N)C(C)C(=O)Nc1ccc(N(C)C)cc1. The number of carbonyl (C=O) groups excluding carboxylic acids is 1. The average Bonchev–Trinajstić information content (AvgIpc) is 2.28. The summed E-state index contributed by atoms with van der Waals surface area (Å²) in [5.41, 5.74) is 7.59. The molecule has 94 valence electrons. The summed E-state index contributed by atoms with van der Waals surface area (Å²) in [6.07, 6.45) is 0. The van der Waals surface area contributed by atoms with Crippen LogP contribution in [0.25, 0.3) is 0 Å². The van der Waals surface area contributed by atoms with E-state index in [1.165, 1.54) is 0 Å². The van der Waals surface area contributed by atoms with Gasteiger partial charge >= 0.3 is 0 Å². The van der Waals surface area contributed by atoms with Crippen molar-refractivity contribution in [1.82, 2.24) is 0 Å². The van der Waals surface area contributed by atoms with E-state index in [2.05, 4.69) is 5.32 Å². The van der Waals surface area contributed by atoms with Gasteiger partial charge in [0.25, 0.3) is 0 Å². The molecule has 1 rings (SSSR count). The zero-order valence-electron chi connectivity index (χ0n) is 10.9. The number of benzene rings is 1. The molecule has 0 aliphatic rings. The van der Waals surface area contributed by atoms with Crippen LogP contribution in [0.15, 0.2) is 24.3 Å². The average molecular weight is 235 g/mol. The topological polar surface area (TPSA) is 58.4 Å². The highest BCUT2D eigenvalue weighted by Crippen LogP contribution is 2.16. The van der Waals surface area contributed by atoms with Gasteiger partial charge in [0, 0.05) is 31.5 Å². The fourth-order valence-electron chi connectivity index (χ4n) is 1.34. The number of amides is 1. The van der Waals surface area contributed by atoms with E-state index in [-0.39, 0.29) is 17.9 Å². The Hall–Kier alpha value is -1.55. The molecule has 3 N–H and O–H groups in total. The number of hydrogen-bond acceptors (Lipinski definition) is 3. The summed E-state index contributed by atoms with van der Waals surface area (Å²) in [5.74, 6) is -0.235. The Morgan fingerprint density at radius 3 is 2.18 bits per heavy atom. The second kappa shape index (κ2) is 5.68. The molecule has 2 atom stereocenters. The Morgan fingerprint density at radius 1 is 1.24 bits per heavy atom. The van der Waals surface area contributed by atoms with Crippen LogP contribution in [0, 0.1) is 5.92 Å². The van der Waals surface area contributed by atoms with Gasteiger partial charge in [-0.3, -0.25) is 4.79 Å². The summed E-state index contributed by atoms with van der Waals surface area (Å²) in [6.45, 7) is 3.66. The third kappa shape index (κ3) is 3.75. The Labute approximate surface area is 103 Å². The van der Waals surface area contributed by atoms with Gasteiger partial charge in [0.15, 0.2) is 0 Å². The first-order valence-electron chi connectivity index (χ1n) is 5.75. The molecule has 1 aromatic carbocycles. The summed E-state index contributed by atoms with van der Waals surface area (Å²) in [4.78, 5) is 13.8. The number of anilines is 2. The zero-order valence-corrected chi connectivity index (χ0v) is 10.9. The Morgan fingerprint density at radius 2 is 1.76 bits per heavy atom. The van der Waals surface area contributed by atoms with Crippen molar-refractivity contribution in [2.75, 3.05) is 24.3 Å². The van der Waals surface area contributed by atoms with Gasteiger partial charge in [-0.1, -0.05) is 6.92 Å². The molecular formula is C13H21N3O. The molecule has 1 amide bonds. The van der Waals surface area contributed by atoms with Crippen LogP contribution in [0.5, 0.6) is 0 Å². The van der Waals surface area contributed by atoms with Crippen LogP contribution >= 0.6 is 0 Å². The molecule has 17 heavy (non-hydrogen) atoms. The van der Waals surface area contributed by atoms with Gasteiger partial charge in [-0.15, -0.1) is 0 Å². The Balaban J connectivity index is 2.66. The molecular weight excluding hydrogens is 214 g/mol. The third-order valence-electron chi connectivity index (χ3n) is 2.85. The molecule has 4 heteroatoms. The summed E-state index contributed by atoms with van der Waals surface area (Å²) < 4.78 is 0. The van der Waals surface area contributed by atoms with Gasteiger partial charge in [-0.25, -0.2) is 0 Å². The molecule has 0 aromatic heterocycles. The normalized spacial score (nSPS) is 13.9. The van der Waals surface area contributed by atoms with E-state index in [0.717, 1.165) is 11.4 Å². The maximum absolute atomic E-state index is 11.8. The summed E-state index contributed by atoms with van der Waals surface area (Å²) in [7, 11) is 3.96. The minimum absolute atomic E-state index is 0.0439. The highest BCUT2D eigenvalue weighted by atomic mass is 16.1. The van der Waals surface area contributed by atoms with Gasteiger partial charge < -0.3 is 16.0 Å². The second-order valence-corrected chi connectivity index (χ2v) is 4.58. The number of hydrogen-bond donors (Lipinski definition) is 2. The van der Waals surface area contributed by atoms with E-state index < -0.39 is 0 Å². The maximum atomic E-state index is 11.8. The second-order valence-electron chi connectivity index (χ2n) is 4.58. The van der Waals surface area contributed by atoms with E-state index in [0.29, 0.717) is 0 Å². The van der Waals surface area contributed by atoms with Crippen molar-refractivity contribution in [3.8, 4) is 0 Å². The third-order valence-corrected chi connectivity index (χ3v) is 2.85. The van der Waals surface area contributed by atoms with Gasteiger partial charge in [0.2, 0.25) is 5.91 Å².